The Hall–Kier alpha value is -0.930. The molecule has 1 heterocycles. The molecule has 1 rings (SSSR count). The van der Waals surface area contributed by atoms with E-state index in [2.05, 4.69) is 44.1 Å². The summed E-state index contributed by atoms with van der Waals surface area (Å²) in [6.07, 6.45) is 4.40. The number of nitrogens with one attached hydrogen (secondary N) is 1. The number of hydrogen-bond donors (Lipinski definition) is 2. The highest BCUT2D eigenvalue weighted by atomic mass is 16.3. The number of hydrogen-bond acceptors (Lipinski definition) is 3. The van der Waals surface area contributed by atoms with Gasteiger partial charge in [-0.25, -0.2) is 0 Å². The first-order valence-corrected chi connectivity index (χ1v) is 6.87. The van der Waals surface area contributed by atoms with Crippen molar-refractivity contribution in [3.05, 3.63) is 30.1 Å². The third-order valence-electron chi connectivity index (χ3n) is 3.56. The molecule has 3 unspecified atom stereocenters. The molecule has 0 saturated carbocycles. The molecule has 1 aromatic heterocycles. The van der Waals surface area contributed by atoms with Crippen molar-refractivity contribution in [2.75, 3.05) is 6.54 Å². The number of nitrogens with zero attached hydrogens (tertiary/aromatic N) is 1. The molecule has 0 saturated heterocycles. The maximum absolute atomic E-state index is 10.0. The van der Waals surface area contributed by atoms with Crippen molar-refractivity contribution in [1.29, 1.82) is 0 Å². The van der Waals surface area contributed by atoms with Crippen LogP contribution in [0.5, 0.6) is 0 Å². The predicted molar refractivity (Wildman–Crippen MR) is 75.3 cm³/mol. The third kappa shape index (κ3) is 4.39. The van der Waals surface area contributed by atoms with Crippen LogP contribution in [0.3, 0.4) is 0 Å². The topological polar surface area (TPSA) is 45.1 Å². The summed E-state index contributed by atoms with van der Waals surface area (Å²) in [4.78, 5) is 4.16. The fourth-order valence-corrected chi connectivity index (χ4v) is 2.02. The van der Waals surface area contributed by atoms with E-state index in [4.69, 9.17) is 0 Å². The van der Waals surface area contributed by atoms with Crippen LogP contribution in [-0.4, -0.2) is 22.7 Å². The standard InChI is InChI=1S/C15H26N2O/c1-5-12(4)14(18)10-17-15(11(2)3)13-7-6-8-16-9-13/h6-9,11-12,14-15,17-18H,5,10H2,1-4H3. The zero-order chi connectivity index (χ0) is 13.5. The van der Waals surface area contributed by atoms with Crippen LogP contribution < -0.4 is 5.32 Å². The molecule has 1 aromatic rings. The lowest BCUT2D eigenvalue weighted by molar-refractivity contribution is 0.107. The maximum Gasteiger partial charge on any atom is 0.0690 e. The zero-order valence-corrected chi connectivity index (χ0v) is 11.9. The van der Waals surface area contributed by atoms with Crippen LogP contribution in [0.25, 0.3) is 0 Å². The lowest BCUT2D eigenvalue weighted by Gasteiger charge is -2.26. The Balaban J connectivity index is 2.60. The molecule has 0 fully saturated rings. The van der Waals surface area contributed by atoms with Crippen molar-refractivity contribution in [2.24, 2.45) is 11.8 Å². The molecule has 0 aromatic carbocycles. The van der Waals surface area contributed by atoms with Crippen LogP contribution in [0, 0.1) is 11.8 Å². The summed E-state index contributed by atoms with van der Waals surface area (Å²) in [6.45, 7) is 9.18. The fraction of sp³-hybridized carbons (Fsp3) is 0.667. The molecule has 0 radical (unpaired) electrons. The van der Waals surface area contributed by atoms with Gasteiger partial charge < -0.3 is 10.4 Å². The summed E-state index contributed by atoms with van der Waals surface area (Å²) >= 11 is 0. The molecule has 0 amide bonds. The highest BCUT2D eigenvalue weighted by Gasteiger charge is 2.18. The van der Waals surface area contributed by atoms with Crippen LogP contribution in [-0.2, 0) is 0 Å². The van der Waals surface area contributed by atoms with Gasteiger partial charge in [0.1, 0.15) is 0 Å². The number of aliphatic hydroxyl groups is 1. The van der Waals surface area contributed by atoms with Gasteiger partial charge in [0.15, 0.2) is 0 Å². The number of aliphatic hydroxyl groups excluding tert-OH is 1. The summed E-state index contributed by atoms with van der Waals surface area (Å²) in [7, 11) is 0. The molecule has 0 aliphatic carbocycles. The van der Waals surface area contributed by atoms with E-state index in [1.807, 2.05) is 12.3 Å². The van der Waals surface area contributed by atoms with E-state index in [1.165, 1.54) is 5.56 Å². The van der Waals surface area contributed by atoms with E-state index in [0.29, 0.717) is 18.4 Å². The predicted octanol–water partition coefficient (Wildman–Crippen LogP) is 2.78. The molecule has 102 valence electrons. The second-order valence-corrected chi connectivity index (χ2v) is 5.37. The number of pyridine rings is 1. The lowest BCUT2D eigenvalue weighted by atomic mass is 9.96. The Bertz CT molecular complexity index is 327. The Morgan fingerprint density at radius 1 is 1.33 bits per heavy atom. The van der Waals surface area contributed by atoms with Crippen molar-refractivity contribution in [3.63, 3.8) is 0 Å². The van der Waals surface area contributed by atoms with Gasteiger partial charge in [0.2, 0.25) is 0 Å². The monoisotopic (exact) mass is 250 g/mol. The minimum absolute atomic E-state index is 0.248. The summed E-state index contributed by atoms with van der Waals surface area (Å²) < 4.78 is 0. The van der Waals surface area contributed by atoms with Crippen molar-refractivity contribution in [2.45, 2.75) is 46.3 Å². The highest BCUT2D eigenvalue weighted by Crippen LogP contribution is 2.21. The second-order valence-electron chi connectivity index (χ2n) is 5.37. The first-order valence-electron chi connectivity index (χ1n) is 6.87. The van der Waals surface area contributed by atoms with Gasteiger partial charge in [0, 0.05) is 25.0 Å². The van der Waals surface area contributed by atoms with Crippen molar-refractivity contribution >= 4 is 0 Å². The van der Waals surface area contributed by atoms with Gasteiger partial charge in [-0.15, -0.1) is 0 Å². The van der Waals surface area contributed by atoms with Crippen molar-refractivity contribution in [1.82, 2.24) is 10.3 Å². The largest absolute Gasteiger partial charge is 0.392 e. The van der Waals surface area contributed by atoms with E-state index in [0.717, 1.165) is 6.42 Å². The molecule has 18 heavy (non-hydrogen) atoms. The molecule has 3 atom stereocenters. The number of aromatic nitrogens is 1. The van der Waals surface area contributed by atoms with E-state index in [1.54, 1.807) is 6.20 Å². The Labute approximate surface area is 111 Å². The van der Waals surface area contributed by atoms with Crippen LogP contribution in [0.4, 0.5) is 0 Å². The van der Waals surface area contributed by atoms with Crippen molar-refractivity contribution in [3.8, 4) is 0 Å². The van der Waals surface area contributed by atoms with E-state index in [-0.39, 0.29) is 12.1 Å². The van der Waals surface area contributed by atoms with Crippen LogP contribution in [0.2, 0.25) is 0 Å². The SMILES string of the molecule is CCC(C)C(O)CNC(c1cccnc1)C(C)C. The van der Waals surface area contributed by atoms with E-state index < -0.39 is 0 Å². The molecule has 3 nitrogen and oxygen atoms in total. The summed E-state index contributed by atoms with van der Waals surface area (Å²) in [5.41, 5.74) is 1.18. The third-order valence-corrected chi connectivity index (χ3v) is 3.56. The van der Waals surface area contributed by atoms with Gasteiger partial charge in [0.25, 0.3) is 0 Å². The van der Waals surface area contributed by atoms with Gasteiger partial charge in [-0.3, -0.25) is 4.98 Å². The van der Waals surface area contributed by atoms with Crippen molar-refractivity contribution < 1.29 is 5.11 Å². The molecule has 0 spiro atoms. The average Bonchev–Trinajstić information content (AvgIpc) is 2.38. The molecule has 2 N–H and O–H groups in total. The first kappa shape index (κ1) is 15.1. The van der Waals surface area contributed by atoms with Gasteiger partial charge >= 0.3 is 0 Å². The second kappa shape index (κ2) is 7.49. The maximum atomic E-state index is 10.0. The average molecular weight is 250 g/mol. The molecular weight excluding hydrogens is 224 g/mol. The first-order chi connectivity index (χ1) is 8.56. The van der Waals surface area contributed by atoms with E-state index in [9.17, 15) is 5.11 Å². The fourth-order valence-electron chi connectivity index (χ4n) is 2.02. The van der Waals surface area contributed by atoms with Gasteiger partial charge in [-0.05, 0) is 23.5 Å². The zero-order valence-electron chi connectivity index (χ0n) is 11.9. The van der Waals surface area contributed by atoms with Gasteiger partial charge in [-0.1, -0.05) is 40.2 Å². The molecule has 0 aliphatic heterocycles. The molecule has 0 aliphatic rings. The Morgan fingerprint density at radius 3 is 2.56 bits per heavy atom. The van der Waals surface area contributed by atoms with Crippen LogP contribution in [0.1, 0.15) is 45.7 Å². The smallest absolute Gasteiger partial charge is 0.0690 e. The summed E-state index contributed by atoms with van der Waals surface area (Å²) in [5, 5.41) is 13.5. The highest BCUT2D eigenvalue weighted by molar-refractivity contribution is 5.14. The normalized spacial score (nSPS) is 16.6. The molecule has 3 heteroatoms. The summed E-state index contributed by atoms with van der Waals surface area (Å²) in [5.74, 6) is 0.803. The van der Waals surface area contributed by atoms with Gasteiger partial charge in [0.05, 0.1) is 6.10 Å². The number of rotatable bonds is 7. The van der Waals surface area contributed by atoms with E-state index >= 15 is 0 Å². The quantitative estimate of drug-likeness (QED) is 0.782. The minimum atomic E-state index is -0.284. The lowest BCUT2D eigenvalue weighted by Crippen LogP contribution is -2.35. The molecular formula is C15H26N2O. The minimum Gasteiger partial charge on any atom is -0.392 e. The molecule has 0 bridgehead atoms. The van der Waals surface area contributed by atoms with Crippen LogP contribution >= 0.6 is 0 Å². The Kier molecular flexibility index (Phi) is 6.30. The van der Waals surface area contributed by atoms with Crippen LogP contribution in [0.15, 0.2) is 24.5 Å². The summed E-state index contributed by atoms with van der Waals surface area (Å²) in [6, 6.07) is 4.29. The Morgan fingerprint density at radius 2 is 2.06 bits per heavy atom. The van der Waals surface area contributed by atoms with Gasteiger partial charge in [-0.2, -0.15) is 0 Å².